The van der Waals surface area contributed by atoms with E-state index in [4.69, 9.17) is 0 Å². The molecule has 0 atom stereocenters. The van der Waals surface area contributed by atoms with Crippen molar-refractivity contribution in [2.24, 2.45) is 0 Å². The molecule has 0 fully saturated rings. The zero-order valence-electron chi connectivity index (χ0n) is 13.8. The van der Waals surface area contributed by atoms with Gasteiger partial charge in [0, 0.05) is 18.2 Å². The number of carboxylic acids is 1. The lowest BCUT2D eigenvalue weighted by molar-refractivity contribution is 0.0702. The third-order valence-corrected chi connectivity index (χ3v) is 4.83. The molecule has 3 rings (SSSR count). The number of aromatic carboxylic acids is 1. The number of aromatic nitrogens is 1. The van der Waals surface area contributed by atoms with Crippen LogP contribution in [0.4, 0.5) is 5.82 Å². The fourth-order valence-electron chi connectivity index (χ4n) is 2.37. The highest BCUT2D eigenvalue weighted by molar-refractivity contribution is 7.17. The lowest BCUT2D eigenvalue weighted by Gasteiger charge is -2.15. The largest absolute Gasteiger partial charge is 0.477 e. The molecule has 0 saturated carbocycles. The molecule has 0 aliphatic heterocycles. The smallest absolute Gasteiger partial charge is 0.349 e. The third-order valence-electron chi connectivity index (χ3n) is 3.75. The lowest BCUT2D eigenvalue weighted by Crippen LogP contribution is -2.27. The minimum atomic E-state index is -1.10. The standard InChI is InChI=1S/C19H16N2O3S/c1-12-8-10-14(11-9-12)18(22)21(2)16-15(19(23)24)25-17(20-16)13-6-4-3-5-7-13/h3-11H,1-2H3,(H,23,24). The first-order chi connectivity index (χ1) is 12.0. The predicted molar refractivity (Wildman–Crippen MR) is 98.4 cm³/mol. The van der Waals surface area contributed by atoms with Gasteiger partial charge < -0.3 is 5.11 Å². The summed E-state index contributed by atoms with van der Waals surface area (Å²) in [5.41, 5.74) is 2.35. The van der Waals surface area contributed by atoms with E-state index < -0.39 is 5.97 Å². The molecule has 0 unspecified atom stereocenters. The van der Waals surface area contributed by atoms with Crippen molar-refractivity contribution in [2.45, 2.75) is 6.92 Å². The molecule has 5 nitrogen and oxygen atoms in total. The summed E-state index contributed by atoms with van der Waals surface area (Å²) in [5, 5.41) is 10.1. The first-order valence-corrected chi connectivity index (χ1v) is 8.43. The second kappa shape index (κ2) is 6.86. The maximum absolute atomic E-state index is 12.7. The van der Waals surface area contributed by atoms with Crippen LogP contribution in [0.3, 0.4) is 0 Å². The van der Waals surface area contributed by atoms with Gasteiger partial charge in [0.25, 0.3) is 5.91 Å². The molecule has 1 amide bonds. The minimum absolute atomic E-state index is 0.0433. The Hall–Kier alpha value is -2.99. The quantitative estimate of drug-likeness (QED) is 0.768. The molecule has 1 N–H and O–H groups in total. The Morgan fingerprint density at radius 1 is 1.04 bits per heavy atom. The third kappa shape index (κ3) is 3.44. The van der Waals surface area contributed by atoms with Gasteiger partial charge >= 0.3 is 5.97 Å². The van der Waals surface area contributed by atoms with Gasteiger partial charge in [0.05, 0.1) is 0 Å². The first-order valence-electron chi connectivity index (χ1n) is 7.61. The van der Waals surface area contributed by atoms with Gasteiger partial charge in [-0.3, -0.25) is 9.69 Å². The highest BCUT2D eigenvalue weighted by Gasteiger charge is 2.25. The molecule has 0 saturated heterocycles. The summed E-state index contributed by atoms with van der Waals surface area (Å²) in [5.74, 6) is -1.24. The Balaban J connectivity index is 2.00. The number of anilines is 1. The number of hydrogen-bond donors (Lipinski definition) is 1. The zero-order valence-corrected chi connectivity index (χ0v) is 14.6. The Kier molecular flexibility index (Phi) is 4.63. The number of rotatable bonds is 4. The normalized spacial score (nSPS) is 10.5. The van der Waals surface area contributed by atoms with Gasteiger partial charge in [-0.15, -0.1) is 11.3 Å². The van der Waals surface area contributed by atoms with E-state index in [2.05, 4.69) is 4.98 Å². The van der Waals surface area contributed by atoms with Crippen molar-refractivity contribution in [2.75, 3.05) is 11.9 Å². The van der Waals surface area contributed by atoms with Gasteiger partial charge in [-0.1, -0.05) is 48.0 Å². The average molecular weight is 352 g/mol. The van der Waals surface area contributed by atoms with E-state index in [1.165, 1.54) is 4.90 Å². The molecule has 3 aromatic rings. The molecule has 6 heteroatoms. The molecule has 25 heavy (non-hydrogen) atoms. The molecular formula is C19H16N2O3S. The fourth-order valence-corrected chi connectivity index (χ4v) is 3.31. The van der Waals surface area contributed by atoms with E-state index in [1.54, 1.807) is 19.2 Å². The van der Waals surface area contributed by atoms with Gasteiger partial charge in [0.1, 0.15) is 5.01 Å². The molecule has 0 aliphatic carbocycles. The summed E-state index contributed by atoms with van der Waals surface area (Å²) in [6.45, 7) is 1.94. The maximum Gasteiger partial charge on any atom is 0.349 e. The van der Waals surface area contributed by atoms with Crippen LogP contribution < -0.4 is 4.90 Å². The highest BCUT2D eigenvalue weighted by atomic mass is 32.1. The molecule has 0 aliphatic rings. The molecule has 126 valence electrons. The summed E-state index contributed by atoms with van der Waals surface area (Å²) in [7, 11) is 1.54. The Bertz CT molecular complexity index is 918. The van der Waals surface area contributed by atoms with Gasteiger partial charge in [-0.05, 0) is 19.1 Å². The van der Waals surface area contributed by atoms with Crippen LogP contribution in [-0.2, 0) is 0 Å². The molecule has 0 spiro atoms. The van der Waals surface area contributed by atoms with E-state index in [9.17, 15) is 14.7 Å². The van der Waals surface area contributed by atoms with E-state index >= 15 is 0 Å². The van der Waals surface area contributed by atoms with Crippen molar-refractivity contribution >= 4 is 29.0 Å². The Morgan fingerprint density at radius 3 is 2.28 bits per heavy atom. The SMILES string of the molecule is Cc1ccc(C(=O)N(C)c2nc(-c3ccccc3)sc2C(=O)O)cc1. The van der Waals surface area contributed by atoms with Crippen LogP contribution in [0.2, 0.25) is 0 Å². The maximum atomic E-state index is 12.7. The molecule has 2 aromatic carbocycles. The number of nitrogens with zero attached hydrogens (tertiary/aromatic N) is 2. The summed E-state index contributed by atoms with van der Waals surface area (Å²) in [6, 6.07) is 16.4. The monoisotopic (exact) mass is 352 g/mol. The Morgan fingerprint density at radius 2 is 1.68 bits per heavy atom. The first kappa shape index (κ1) is 16.9. The van der Waals surface area contributed by atoms with E-state index in [0.29, 0.717) is 10.6 Å². The summed E-state index contributed by atoms with van der Waals surface area (Å²) in [4.78, 5) is 30.0. The number of hydrogen-bond acceptors (Lipinski definition) is 4. The molecular weight excluding hydrogens is 336 g/mol. The van der Waals surface area contributed by atoms with Gasteiger partial charge in [0.2, 0.25) is 0 Å². The summed E-state index contributed by atoms with van der Waals surface area (Å²) < 4.78 is 0. The van der Waals surface area contributed by atoms with E-state index in [0.717, 1.165) is 22.5 Å². The van der Waals surface area contributed by atoms with Gasteiger partial charge in [0.15, 0.2) is 10.7 Å². The van der Waals surface area contributed by atoms with E-state index in [1.807, 2.05) is 49.4 Å². The predicted octanol–water partition coefficient (Wildman–Crippen LogP) is 4.09. The fraction of sp³-hybridized carbons (Fsp3) is 0.105. The van der Waals surface area contributed by atoms with Crippen molar-refractivity contribution in [1.29, 1.82) is 0 Å². The van der Waals surface area contributed by atoms with Crippen LogP contribution >= 0.6 is 11.3 Å². The van der Waals surface area contributed by atoms with Crippen LogP contribution in [0.5, 0.6) is 0 Å². The van der Waals surface area contributed by atoms with Crippen molar-refractivity contribution in [3.63, 3.8) is 0 Å². The summed E-state index contributed by atoms with van der Waals surface area (Å²) >= 11 is 1.06. The molecule has 0 radical (unpaired) electrons. The van der Waals surface area contributed by atoms with Gasteiger partial charge in [-0.25, -0.2) is 9.78 Å². The average Bonchev–Trinajstić information content (AvgIpc) is 3.07. The lowest BCUT2D eigenvalue weighted by atomic mass is 10.1. The summed E-state index contributed by atoms with van der Waals surface area (Å²) in [6.07, 6.45) is 0. The van der Waals surface area contributed by atoms with Crippen molar-refractivity contribution in [3.8, 4) is 10.6 Å². The zero-order chi connectivity index (χ0) is 18.0. The molecule has 1 heterocycles. The topological polar surface area (TPSA) is 70.5 Å². The van der Waals surface area contributed by atoms with Crippen molar-refractivity contribution in [3.05, 3.63) is 70.6 Å². The number of carbonyl (C=O) groups is 2. The number of thiazole rings is 1. The molecule has 0 bridgehead atoms. The molecule has 1 aromatic heterocycles. The van der Waals surface area contributed by atoms with Crippen LogP contribution in [-0.4, -0.2) is 29.0 Å². The Labute approximate surface area is 149 Å². The van der Waals surface area contributed by atoms with Crippen LogP contribution in [0, 0.1) is 6.92 Å². The van der Waals surface area contributed by atoms with Gasteiger partial charge in [-0.2, -0.15) is 0 Å². The number of carbonyl (C=O) groups excluding carboxylic acids is 1. The minimum Gasteiger partial charge on any atom is -0.477 e. The number of carboxylic acid groups (broad SMARTS) is 1. The van der Waals surface area contributed by atoms with Crippen LogP contribution in [0.1, 0.15) is 25.6 Å². The number of aryl methyl sites for hydroxylation is 1. The second-order valence-electron chi connectivity index (χ2n) is 5.57. The number of benzene rings is 2. The van der Waals surface area contributed by atoms with Crippen LogP contribution in [0.25, 0.3) is 10.6 Å². The second-order valence-corrected chi connectivity index (χ2v) is 6.57. The van der Waals surface area contributed by atoms with E-state index in [-0.39, 0.29) is 16.6 Å². The highest BCUT2D eigenvalue weighted by Crippen LogP contribution is 2.33. The number of amides is 1. The van der Waals surface area contributed by atoms with Crippen molar-refractivity contribution in [1.82, 2.24) is 4.98 Å². The van der Waals surface area contributed by atoms with Crippen LogP contribution in [0.15, 0.2) is 54.6 Å². The van der Waals surface area contributed by atoms with Crippen molar-refractivity contribution < 1.29 is 14.7 Å².